The summed E-state index contributed by atoms with van der Waals surface area (Å²) >= 11 is 0. The molecular weight excluding hydrogens is 286 g/mol. The van der Waals surface area contributed by atoms with E-state index < -0.39 is 16.9 Å². The van der Waals surface area contributed by atoms with E-state index in [-0.39, 0.29) is 17.4 Å². The smallest absolute Gasteiger partial charge is 0.326 e. The van der Waals surface area contributed by atoms with Crippen LogP contribution < -0.4 is 5.32 Å². The van der Waals surface area contributed by atoms with Crippen molar-refractivity contribution in [3.05, 3.63) is 40.4 Å². The van der Waals surface area contributed by atoms with Gasteiger partial charge in [0, 0.05) is 11.5 Å². The highest BCUT2D eigenvalue weighted by Crippen LogP contribution is 2.28. The average molecular weight is 303 g/mol. The van der Waals surface area contributed by atoms with Gasteiger partial charge in [-0.3, -0.25) is 10.1 Å². The molecule has 2 N–H and O–H groups in total. The zero-order chi connectivity index (χ0) is 16.3. The molecule has 0 amide bonds. The molecule has 7 nitrogen and oxygen atoms in total. The SMILES string of the molecule is CC(C)CC(Nc1nc2ccccc2cc1[N+](=O)[O-])C(=O)O. The molecule has 7 heteroatoms. The second-order valence-corrected chi connectivity index (χ2v) is 5.47. The summed E-state index contributed by atoms with van der Waals surface area (Å²) in [6.45, 7) is 3.78. The largest absolute Gasteiger partial charge is 0.480 e. The minimum absolute atomic E-state index is 0.0169. The van der Waals surface area contributed by atoms with E-state index >= 15 is 0 Å². The lowest BCUT2D eigenvalue weighted by molar-refractivity contribution is -0.384. The van der Waals surface area contributed by atoms with Crippen molar-refractivity contribution in [3.63, 3.8) is 0 Å². The van der Waals surface area contributed by atoms with Gasteiger partial charge >= 0.3 is 11.7 Å². The summed E-state index contributed by atoms with van der Waals surface area (Å²) in [5, 5.41) is 23.8. The van der Waals surface area contributed by atoms with Gasteiger partial charge in [-0.2, -0.15) is 0 Å². The van der Waals surface area contributed by atoms with Gasteiger partial charge in [0.1, 0.15) is 6.04 Å². The number of hydrogen-bond acceptors (Lipinski definition) is 5. The molecule has 0 bridgehead atoms. The molecule has 1 unspecified atom stereocenters. The summed E-state index contributed by atoms with van der Waals surface area (Å²) in [7, 11) is 0. The standard InChI is InChI=1S/C15H17N3O4/c1-9(2)7-12(15(19)20)17-14-13(18(21)22)8-10-5-3-4-6-11(10)16-14/h3-6,8-9,12H,7H2,1-2H3,(H,16,17)(H,19,20). The highest BCUT2D eigenvalue weighted by Gasteiger charge is 2.24. The average Bonchev–Trinajstić information content (AvgIpc) is 2.45. The number of para-hydroxylation sites is 1. The van der Waals surface area contributed by atoms with Gasteiger partial charge in [0.15, 0.2) is 0 Å². The van der Waals surface area contributed by atoms with Gasteiger partial charge in [0.2, 0.25) is 5.82 Å². The molecule has 0 aliphatic carbocycles. The molecule has 0 radical (unpaired) electrons. The number of carbonyl (C=O) groups is 1. The van der Waals surface area contributed by atoms with Crippen molar-refractivity contribution < 1.29 is 14.8 Å². The maximum atomic E-state index is 11.3. The molecule has 0 aliphatic heterocycles. The van der Waals surface area contributed by atoms with E-state index in [2.05, 4.69) is 10.3 Å². The molecule has 0 fully saturated rings. The lowest BCUT2D eigenvalue weighted by Crippen LogP contribution is -2.31. The number of anilines is 1. The van der Waals surface area contributed by atoms with Crippen molar-refractivity contribution in [2.75, 3.05) is 5.32 Å². The van der Waals surface area contributed by atoms with Crippen molar-refractivity contribution in [1.82, 2.24) is 4.98 Å². The van der Waals surface area contributed by atoms with Crippen molar-refractivity contribution >= 4 is 28.4 Å². The predicted molar refractivity (Wildman–Crippen MR) is 82.9 cm³/mol. The van der Waals surface area contributed by atoms with Crippen LogP contribution in [0, 0.1) is 16.0 Å². The number of aromatic nitrogens is 1. The Hall–Kier alpha value is -2.70. The zero-order valence-corrected chi connectivity index (χ0v) is 12.3. The second-order valence-electron chi connectivity index (χ2n) is 5.47. The topological polar surface area (TPSA) is 105 Å². The van der Waals surface area contributed by atoms with Crippen LogP contribution in [0.25, 0.3) is 10.9 Å². The maximum Gasteiger partial charge on any atom is 0.326 e. The molecule has 22 heavy (non-hydrogen) atoms. The molecule has 0 saturated heterocycles. The summed E-state index contributed by atoms with van der Waals surface area (Å²) in [6, 6.07) is 7.46. The van der Waals surface area contributed by atoms with Crippen LogP contribution >= 0.6 is 0 Å². The number of benzene rings is 1. The molecule has 1 aromatic heterocycles. The molecule has 1 aromatic carbocycles. The minimum atomic E-state index is -1.06. The molecule has 2 rings (SSSR count). The van der Waals surface area contributed by atoms with Crippen molar-refractivity contribution in [3.8, 4) is 0 Å². The number of pyridine rings is 1. The van der Waals surface area contributed by atoms with E-state index in [0.29, 0.717) is 17.3 Å². The van der Waals surface area contributed by atoms with Crippen molar-refractivity contribution in [2.45, 2.75) is 26.3 Å². The number of hydrogen-bond donors (Lipinski definition) is 2. The van der Waals surface area contributed by atoms with E-state index in [1.54, 1.807) is 24.3 Å². The fraction of sp³-hybridized carbons (Fsp3) is 0.333. The highest BCUT2D eigenvalue weighted by atomic mass is 16.6. The fourth-order valence-corrected chi connectivity index (χ4v) is 2.21. The third-order valence-electron chi connectivity index (χ3n) is 3.22. The lowest BCUT2D eigenvalue weighted by atomic mass is 10.0. The van der Waals surface area contributed by atoms with E-state index in [0.717, 1.165) is 0 Å². The summed E-state index contributed by atoms with van der Waals surface area (Å²) < 4.78 is 0. The van der Waals surface area contributed by atoms with E-state index in [1.807, 2.05) is 13.8 Å². The van der Waals surface area contributed by atoms with Gasteiger partial charge in [-0.25, -0.2) is 9.78 Å². The molecule has 116 valence electrons. The number of carboxylic acid groups (broad SMARTS) is 1. The fourth-order valence-electron chi connectivity index (χ4n) is 2.21. The Balaban J connectivity index is 2.45. The summed E-state index contributed by atoms with van der Waals surface area (Å²) in [5.74, 6) is -0.942. The minimum Gasteiger partial charge on any atom is -0.480 e. The van der Waals surface area contributed by atoms with Gasteiger partial charge in [-0.05, 0) is 18.4 Å². The molecule has 0 spiro atoms. The van der Waals surface area contributed by atoms with Crippen LogP contribution in [0.15, 0.2) is 30.3 Å². The van der Waals surface area contributed by atoms with E-state index in [4.69, 9.17) is 0 Å². The molecule has 2 aromatic rings. The van der Waals surface area contributed by atoms with Crippen molar-refractivity contribution in [1.29, 1.82) is 0 Å². The molecule has 0 aliphatic rings. The first-order valence-electron chi connectivity index (χ1n) is 6.92. The normalized spacial score (nSPS) is 12.3. The first kappa shape index (κ1) is 15.7. The third-order valence-corrected chi connectivity index (χ3v) is 3.22. The Labute approximate surface area is 127 Å². The molecule has 0 saturated carbocycles. The highest BCUT2D eigenvalue weighted by molar-refractivity contribution is 5.86. The Morgan fingerprint density at radius 2 is 2.09 bits per heavy atom. The quantitative estimate of drug-likeness (QED) is 0.627. The summed E-state index contributed by atoms with van der Waals surface area (Å²) in [5.41, 5.74) is 0.345. The van der Waals surface area contributed by atoms with Gasteiger partial charge in [-0.15, -0.1) is 0 Å². The maximum absolute atomic E-state index is 11.3. The van der Waals surface area contributed by atoms with Gasteiger partial charge < -0.3 is 10.4 Å². The summed E-state index contributed by atoms with van der Waals surface area (Å²) in [4.78, 5) is 26.2. The van der Waals surface area contributed by atoms with Crippen LogP contribution in [0.5, 0.6) is 0 Å². The number of nitro groups is 1. The molecule has 1 atom stereocenters. The number of fused-ring (bicyclic) bond motifs is 1. The van der Waals surface area contributed by atoms with Gasteiger partial charge in [-0.1, -0.05) is 32.0 Å². The van der Waals surface area contributed by atoms with Crippen LogP contribution in [0.2, 0.25) is 0 Å². The lowest BCUT2D eigenvalue weighted by Gasteiger charge is -2.17. The monoisotopic (exact) mass is 303 g/mol. The summed E-state index contributed by atoms with van der Waals surface area (Å²) in [6.07, 6.45) is 0.348. The number of nitrogens with zero attached hydrogens (tertiary/aromatic N) is 2. The Morgan fingerprint density at radius 1 is 1.41 bits per heavy atom. The van der Waals surface area contributed by atoms with Crippen LogP contribution in [-0.4, -0.2) is 27.0 Å². The van der Waals surface area contributed by atoms with E-state index in [9.17, 15) is 20.0 Å². The predicted octanol–water partition coefficient (Wildman–Crippen LogP) is 3.05. The molecule has 1 heterocycles. The van der Waals surface area contributed by atoms with E-state index in [1.165, 1.54) is 6.07 Å². The van der Waals surface area contributed by atoms with Crippen LogP contribution in [0.4, 0.5) is 11.5 Å². The number of rotatable bonds is 6. The first-order chi connectivity index (χ1) is 10.4. The zero-order valence-electron chi connectivity index (χ0n) is 12.3. The van der Waals surface area contributed by atoms with Crippen molar-refractivity contribution in [2.24, 2.45) is 5.92 Å². The second kappa shape index (κ2) is 6.38. The van der Waals surface area contributed by atoms with Gasteiger partial charge in [0.05, 0.1) is 10.4 Å². The van der Waals surface area contributed by atoms with Crippen LogP contribution in [0.1, 0.15) is 20.3 Å². The van der Waals surface area contributed by atoms with Crippen LogP contribution in [-0.2, 0) is 4.79 Å². The third kappa shape index (κ3) is 3.49. The number of nitrogens with one attached hydrogen (secondary N) is 1. The Morgan fingerprint density at radius 3 is 2.68 bits per heavy atom. The Kier molecular flexibility index (Phi) is 4.55. The molecular formula is C15H17N3O4. The van der Waals surface area contributed by atoms with Crippen LogP contribution in [0.3, 0.4) is 0 Å². The Bertz CT molecular complexity index is 715. The van der Waals surface area contributed by atoms with Gasteiger partial charge in [0.25, 0.3) is 0 Å². The number of carboxylic acids is 1. The first-order valence-corrected chi connectivity index (χ1v) is 6.92. The number of aliphatic carboxylic acids is 1.